The predicted molar refractivity (Wildman–Crippen MR) is 79.9 cm³/mol. The Kier molecular flexibility index (Phi) is 6.14. The van der Waals surface area contributed by atoms with E-state index in [9.17, 15) is 9.18 Å². The van der Waals surface area contributed by atoms with Gasteiger partial charge in [-0.3, -0.25) is 4.79 Å². The summed E-state index contributed by atoms with van der Waals surface area (Å²) in [5, 5.41) is 6.10. The van der Waals surface area contributed by atoms with E-state index < -0.39 is 0 Å². The SMILES string of the molecule is Cc1ccc(F)cc1C(=O)NCCCOC1CCNCC1. The van der Waals surface area contributed by atoms with Crippen molar-refractivity contribution in [1.82, 2.24) is 10.6 Å². The zero-order valence-corrected chi connectivity index (χ0v) is 12.5. The molecule has 1 fully saturated rings. The monoisotopic (exact) mass is 294 g/mol. The van der Waals surface area contributed by atoms with Crippen molar-refractivity contribution in [3.63, 3.8) is 0 Å². The summed E-state index contributed by atoms with van der Waals surface area (Å²) in [7, 11) is 0. The molecule has 1 heterocycles. The highest BCUT2D eigenvalue weighted by Gasteiger charge is 2.13. The van der Waals surface area contributed by atoms with Gasteiger partial charge in [-0.2, -0.15) is 0 Å². The van der Waals surface area contributed by atoms with Gasteiger partial charge < -0.3 is 15.4 Å². The summed E-state index contributed by atoms with van der Waals surface area (Å²) in [5.74, 6) is -0.617. The van der Waals surface area contributed by atoms with Crippen LogP contribution in [0.3, 0.4) is 0 Å². The molecule has 0 aromatic heterocycles. The van der Waals surface area contributed by atoms with Gasteiger partial charge >= 0.3 is 0 Å². The smallest absolute Gasteiger partial charge is 0.251 e. The molecular weight excluding hydrogens is 271 g/mol. The molecule has 1 aliphatic heterocycles. The van der Waals surface area contributed by atoms with Gasteiger partial charge in [0.05, 0.1) is 6.10 Å². The van der Waals surface area contributed by atoms with Crippen molar-refractivity contribution < 1.29 is 13.9 Å². The van der Waals surface area contributed by atoms with Crippen LogP contribution in [0.25, 0.3) is 0 Å². The van der Waals surface area contributed by atoms with Gasteiger partial charge in [0, 0.05) is 18.7 Å². The molecule has 0 bridgehead atoms. The van der Waals surface area contributed by atoms with Gasteiger partial charge in [-0.15, -0.1) is 0 Å². The van der Waals surface area contributed by atoms with Gasteiger partial charge in [0.25, 0.3) is 5.91 Å². The summed E-state index contributed by atoms with van der Waals surface area (Å²) in [4.78, 5) is 12.0. The van der Waals surface area contributed by atoms with E-state index >= 15 is 0 Å². The Labute approximate surface area is 125 Å². The summed E-state index contributed by atoms with van der Waals surface area (Å²) in [5.41, 5.74) is 1.18. The minimum Gasteiger partial charge on any atom is -0.378 e. The van der Waals surface area contributed by atoms with E-state index in [0.29, 0.717) is 24.8 Å². The van der Waals surface area contributed by atoms with Crippen molar-refractivity contribution >= 4 is 5.91 Å². The van der Waals surface area contributed by atoms with E-state index in [2.05, 4.69) is 10.6 Å². The topological polar surface area (TPSA) is 50.4 Å². The summed E-state index contributed by atoms with van der Waals surface area (Å²) in [6, 6.07) is 4.25. The van der Waals surface area contributed by atoms with Crippen LogP contribution in [0.1, 0.15) is 35.2 Å². The number of rotatable bonds is 6. The largest absolute Gasteiger partial charge is 0.378 e. The average molecular weight is 294 g/mol. The number of piperidine rings is 1. The lowest BCUT2D eigenvalue weighted by molar-refractivity contribution is 0.0318. The van der Waals surface area contributed by atoms with Gasteiger partial charge in [-0.05, 0) is 57.0 Å². The fourth-order valence-electron chi connectivity index (χ4n) is 2.42. The minimum atomic E-state index is -0.389. The number of amides is 1. The third-order valence-electron chi connectivity index (χ3n) is 3.69. The predicted octanol–water partition coefficient (Wildman–Crippen LogP) is 2.02. The zero-order valence-electron chi connectivity index (χ0n) is 12.5. The van der Waals surface area contributed by atoms with Crippen LogP contribution in [0.4, 0.5) is 4.39 Å². The fourth-order valence-corrected chi connectivity index (χ4v) is 2.42. The highest BCUT2D eigenvalue weighted by atomic mass is 19.1. The van der Waals surface area contributed by atoms with Gasteiger partial charge in [-0.25, -0.2) is 4.39 Å². The summed E-state index contributed by atoms with van der Waals surface area (Å²) >= 11 is 0. The highest BCUT2D eigenvalue weighted by molar-refractivity contribution is 5.95. The number of benzene rings is 1. The maximum atomic E-state index is 13.2. The van der Waals surface area contributed by atoms with E-state index in [1.54, 1.807) is 13.0 Å². The molecule has 0 aliphatic carbocycles. The number of nitrogens with one attached hydrogen (secondary N) is 2. The first-order chi connectivity index (χ1) is 10.2. The van der Waals surface area contributed by atoms with E-state index in [-0.39, 0.29) is 11.7 Å². The van der Waals surface area contributed by atoms with Crippen molar-refractivity contribution in [3.05, 3.63) is 35.1 Å². The molecule has 0 radical (unpaired) electrons. The van der Waals surface area contributed by atoms with Crippen molar-refractivity contribution in [1.29, 1.82) is 0 Å². The van der Waals surface area contributed by atoms with Crippen LogP contribution in [0, 0.1) is 12.7 Å². The van der Waals surface area contributed by atoms with E-state index in [1.807, 2.05) is 0 Å². The third kappa shape index (κ3) is 5.10. The van der Waals surface area contributed by atoms with E-state index in [4.69, 9.17) is 4.74 Å². The second-order valence-corrected chi connectivity index (χ2v) is 5.39. The summed E-state index contributed by atoms with van der Waals surface area (Å²) in [6.07, 6.45) is 3.21. The number of aryl methyl sites for hydroxylation is 1. The Morgan fingerprint density at radius 1 is 1.43 bits per heavy atom. The first-order valence-electron chi connectivity index (χ1n) is 7.53. The Morgan fingerprint density at radius 2 is 2.19 bits per heavy atom. The molecule has 5 heteroatoms. The lowest BCUT2D eigenvalue weighted by atomic mass is 10.1. The molecule has 2 rings (SSSR count). The van der Waals surface area contributed by atoms with Gasteiger partial charge in [-0.1, -0.05) is 6.07 Å². The first kappa shape index (κ1) is 15.9. The summed E-state index contributed by atoms with van der Waals surface area (Å²) in [6.45, 7) is 5.02. The summed E-state index contributed by atoms with van der Waals surface area (Å²) < 4.78 is 18.9. The van der Waals surface area contributed by atoms with Gasteiger partial charge in [0.1, 0.15) is 5.82 Å². The second kappa shape index (κ2) is 8.10. The normalized spacial score (nSPS) is 15.9. The van der Waals surface area contributed by atoms with Crippen LogP contribution in [0.15, 0.2) is 18.2 Å². The van der Waals surface area contributed by atoms with E-state index in [0.717, 1.165) is 37.9 Å². The molecule has 1 amide bonds. The maximum absolute atomic E-state index is 13.2. The van der Waals surface area contributed by atoms with Gasteiger partial charge in [0.2, 0.25) is 0 Å². The number of ether oxygens (including phenoxy) is 1. The number of hydrogen-bond donors (Lipinski definition) is 2. The van der Waals surface area contributed by atoms with E-state index in [1.165, 1.54) is 12.1 Å². The van der Waals surface area contributed by atoms with Crippen molar-refractivity contribution in [3.8, 4) is 0 Å². The van der Waals surface area contributed by atoms with Crippen LogP contribution in [-0.4, -0.2) is 38.3 Å². The minimum absolute atomic E-state index is 0.228. The molecule has 0 unspecified atom stereocenters. The Balaban J connectivity index is 1.66. The Hall–Kier alpha value is -1.46. The van der Waals surface area contributed by atoms with Gasteiger partial charge in [0.15, 0.2) is 0 Å². The standard InChI is InChI=1S/C16H23FN2O2/c1-12-3-4-13(17)11-15(12)16(20)19-7-2-10-21-14-5-8-18-9-6-14/h3-4,11,14,18H,2,5-10H2,1H3,(H,19,20). The molecule has 0 saturated carbocycles. The van der Waals surface area contributed by atoms with Crippen molar-refractivity contribution in [2.75, 3.05) is 26.2 Å². The highest BCUT2D eigenvalue weighted by Crippen LogP contribution is 2.10. The lowest BCUT2D eigenvalue weighted by Crippen LogP contribution is -2.33. The number of hydrogen-bond acceptors (Lipinski definition) is 3. The number of halogens is 1. The fraction of sp³-hybridized carbons (Fsp3) is 0.562. The maximum Gasteiger partial charge on any atom is 0.251 e. The number of carbonyl (C=O) groups excluding carboxylic acids is 1. The van der Waals surface area contributed by atoms with Crippen LogP contribution in [-0.2, 0) is 4.74 Å². The van der Waals surface area contributed by atoms with Crippen molar-refractivity contribution in [2.45, 2.75) is 32.3 Å². The first-order valence-corrected chi connectivity index (χ1v) is 7.53. The Bertz CT molecular complexity index is 473. The Morgan fingerprint density at radius 3 is 2.95 bits per heavy atom. The molecule has 0 spiro atoms. The van der Waals surface area contributed by atoms with Crippen LogP contribution in [0.2, 0.25) is 0 Å². The molecule has 0 atom stereocenters. The third-order valence-corrected chi connectivity index (χ3v) is 3.69. The second-order valence-electron chi connectivity index (χ2n) is 5.39. The molecule has 1 aromatic carbocycles. The quantitative estimate of drug-likeness (QED) is 0.789. The molecule has 1 aromatic rings. The molecule has 116 valence electrons. The molecule has 1 saturated heterocycles. The van der Waals surface area contributed by atoms with Crippen LogP contribution >= 0.6 is 0 Å². The zero-order chi connectivity index (χ0) is 15.1. The molecule has 1 aliphatic rings. The number of carbonyl (C=O) groups is 1. The van der Waals surface area contributed by atoms with Crippen molar-refractivity contribution in [2.24, 2.45) is 0 Å². The average Bonchev–Trinajstić information content (AvgIpc) is 2.50. The lowest BCUT2D eigenvalue weighted by Gasteiger charge is -2.22. The molecule has 21 heavy (non-hydrogen) atoms. The molecule has 2 N–H and O–H groups in total. The van der Waals surface area contributed by atoms with Crippen LogP contribution < -0.4 is 10.6 Å². The molecule has 4 nitrogen and oxygen atoms in total. The molecular formula is C16H23FN2O2. The van der Waals surface area contributed by atoms with Crippen LogP contribution in [0.5, 0.6) is 0 Å².